The van der Waals surface area contributed by atoms with Gasteiger partial charge in [0.25, 0.3) is 0 Å². The zero-order chi connectivity index (χ0) is 10.1. The van der Waals surface area contributed by atoms with Gasteiger partial charge in [-0.1, -0.05) is 0 Å². The molecule has 72 valence electrons. The third kappa shape index (κ3) is 1.31. The fraction of sp³-hybridized carbons (Fsp3) is 0.100. The molecule has 2 aromatic rings. The number of benzene rings is 1. The molecular formula is C10H11N3O. The number of nitrogens with zero attached hydrogens (tertiary/aromatic N) is 2. The second kappa shape index (κ2) is 3.06. The molecule has 4 heteroatoms. The highest BCUT2D eigenvalue weighted by molar-refractivity contribution is 5.68. The van der Waals surface area contributed by atoms with Crippen LogP contribution in [-0.2, 0) is 7.05 Å². The summed E-state index contributed by atoms with van der Waals surface area (Å²) in [5.41, 5.74) is 6.90. The Bertz CT molecular complexity index is 462. The maximum atomic E-state index is 9.62. The summed E-state index contributed by atoms with van der Waals surface area (Å²) in [6.07, 6.45) is 3.50. The smallest absolute Gasteiger partial charge is 0.143 e. The Balaban J connectivity index is 2.62. The summed E-state index contributed by atoms with van der Waals surface area (Å²) in [5.74, 6) is 0.892. The molecule has 14 heavy (non-hydrogen) atoms. The van der Waals surface area contributed by atoms with Crippen LogP contribution < -0.4 is 5.73 Å². The first kappa shape index (κ1) is 8.62. The van der Waals surface area contributed by atoms with Gasteiger partial charge in [0.15, 0.2) is 0 Å². The lowest BCUT2D eigenvalue weighted by Crippen LogP contribution is -1.93. The Morgan fingerprint density at radius 1 is 1.43 bits per heavy atom. The van der Waals surface area contributed by atoms with Crippen molar-refractivity contribution in [2.45, 2.75) is 0 Å². The van der Waals surface area contributed by atoms with Crippen LogP contribution in [0.4, 0.5) is 5.69 Å². The van der Waals surface area contributed by atoms with E-state index in [2.05, 4.69) is 4.98 Å². The maximum Gasteiger partial charge on any atom is 0.143 e. The molecule has 0 radical (unpaired) electrons. The van der Waals surface area contributed by atoms with Crippen LogP contribution in [0.15, 0.2) is 30.6 Å². The molecule has 0 aliphatic heterocycles. The number of hydrogen-bond acceptors (Lipinski definition) is 3. The van der Waals surface area contributed by atoms with Crippen molar-refractivity contribution in [1.82, 2.24) is 9.55 Å². The van der Waals surface area contributed by atoms with Gasteiger partial charge in [-0.3, -0.25) is 0 Å². The van der Waals surface area contributed by atoms with Crippen LogP contribution in [0.3, 0.4) is 0 Å². The number of phenols is 1. The van der Waals surface area contributed by atoms with Gasteiger partial charge >= 0.3 is 0 Å². The Morgan fingerprint density at radius 3 is 2.86 bits per heavy atom. The highest BCUT2D eigenvalue weighted by atomic mass is 16.3. The van der Waals surface area contributed by atoms with Crippen molar-refractivity contribution in [3.05, 3.63) is 30.6 Å². The predicted octanol–water partition coefficient (Wildman–Crippen LogP) is 1.37. The summed E-state index contributed by atoms with van der Waals surface area (Å²) < 4.78 is 1.83. The molecule has 0 aliphatic rings. The molecule has 1 heterocycles. The molecule has 3 N–H and O–H groups in total. The Morgan fingerprint density at radius 2 is 2.21 bits per heavy atom. The number of imidazole rings is 1. The number of hydrogen-bond donors (Lipinski definition) is 2. The number of phenolic OH excluding ortho intramolecular Hbond substituents is 1. The van der Waals surface area contributed by atoms with Crippen molar-refractivity contribution in [1.29, 1.82) is 0 Å². The first-order chi connectivity index (χ1) is 6.68. The molecule has 2 rings (SSSR count). The molecule has 0 unspecified atom stereocenters. The fourth-order valence-electron chi connectivity index (χ4n) is 1.36. The molecule has 0 spiro atoms. The van der Waals surface area contributed by atoms with E-state index in [1.807, 2.05) is 17.8 Å². The Hall–Kier alpha value is -1.97. The van der Waals surface area contributed by atoms with E-state index in [1.54, 1.807) is 24.4 Å². The van der Waals surface area contributed by atoms with E-state index in [1.165, 1.54) is 0 Å². The van der Waals surface area contributed by atoms with Gasteiger partial charge in [0.2, 0.25) is 0 Å². The van der Waals surface area contributed by atoms with Gasteiger partial charge in [0, 0.05) is 25.1 Å². The average molecular weight is 189 g/mol. The second-order valence-corrected chi connectivity index (χ2v) is 3.14. The first-order valence-electron chi connectivity index (χ1n) is 4.24. The van der Waals surface area contributed by atoms with Crippen LogP contribution in [0.25, 0.3) is 11.4 Å². The van der Waals surface area contributed by atoms with Gasteiger partial charge in [0.1, 0.15) is 11.6 Å². The summed E-state index contributed by atoms with van der Waals surface area (Å²) >= 11 is 0. The third-order valence-electron chi connectivity index (χ3n) is 2.08. The number of anilines is 1. The van der Waals surface area contributed by atoms with Gasteiger partial charge in [-0.2, -0.15) is 0 Å². The quantitative estimate of drug-likeness (QED) is 0.526. The van der Waals surface area contributed by atoms with Gasteiger partial charge in [-0.05, 0) is 18.2 Å². The molecule has 0 atom stereocenters. The Labute approximate surface area is 81.6 Å². The van der Waals surface area contributed by atoms with Crippen molar-refractivity contribution >= 4 is 5.69 Å². The number of aryl methyl sites for hydroxylation is 1. The summed E-state index contributed by atoms with van der Waals surface area (Å²) in [5, 5.41) is 9.62. The minimum atomic E-state index is 0.188. The summed E-state index contributed by atoms with van der Waals surface area (Å²) in [6.45, 7) is 0. The standard InChI is InChI=1S/C10H11N3O/c1-13-5-4-12-10(13)8-6-7(11)2-3-9(8)14/h2-6,14H,11H2,1H3. The lowest BCUT2D eigenvalue weighted by Gasteiger charge is -2.05. The van der Waals surface area contributed by atoms with E-state index in [4.69, 9.17) is 5.73 Å². The lowest BCUT2D eigenvalue weighted by atomic mass is 10.1. The minimum Gasteiger partial charge on any atom is -0.507 e. The average Bonchev–Trinajstić information content (AvgIpc) is 2.56. The van der Waals surface area contributed by atoms with E-state index in [9.17, 15) is 5.11 Å². The molecule has 1 aromatic heterocycles. The zero-order valence-corrected chi connectivity index (χ0v) is 7.81. The van der Waals surface area contributed by atoms with E-state index in [-0.39, 0.29) is 5.75 Å². The molecule has 4 nitrogen and oxygen atoms in total. The molecule has 0 saturated heterocycles. The van der Waals surface area contributed by atoms with Gasteiger partial charge in [0.05, 0.1) is 5.56 Å². The second-order valence-electron chi connectivity index (χ2n) is 3.14. The molecule has 0 amide bonds. The largest absolute Gasteiger partial charge is 0.507 e. The predicted molar refractivity (Wildman–Crippen MR) is 54.7 cm³/mol. The topological polar surface area (TPSA) is 64.1 Å². The molecule has 0 fully saturated rings. The number of rotatable bonds is 1. The number of aromatic nitrogens is 2. The van der Waals surface area contributed by atoms with Crippen LogP contribution in [0.2, 0.25) is 0 Å². The van der Waals surface area contributed by atoms with Crippen LogP contribution in [0.5, 0.6) is 5.75 Å². The van der Waals surface area contributed by atoms with Crippen LogP contribution >= 0.6 is 0 Å². The van der Waals surface area contributed by atoms with Crippen LogP contribution in [0.1, 0.15) is 0 Å². The van der Waals surface area contributed by atoms with E-state index in [0.717, 1.165) is 0 Å². The lowest BCUT2D eigenvalue weighted by molar-refractivity contribution is 0.476. The summed E-state index contributed by atoms with van der Waals surface area (Å²) in [4.78, 5) is 4.14. The van der Waals surface area contributed by atoms with Crippen molar-refractivity contribution < 1.29 is 5.11 Å². The molecular weight excluding hydrogens is 178 g/mol. The van der Waals surface area contributed by atoms with E-state index in [0.29, 0.717) is 17.1 Å². The van der Waals surface area contributed by atoms with Crippen LogP contribution in [0, 0.1) is 0 Å². The van der Waals surface area contributed by atoms with Gasteiger partial charge in [-0.15, -0.1) is 0 Å². The van der Waals surface area contributed by atoms with Crippen LogP contribution in [-0.4, -0.2) is 14.7 Å². The van der Waals surface area contributed by atoms with Crippen molar-refractivity contribution in [2.75, 3.05) is 5.73 Å². The maximum absolute atomic E-state index is 9.62. The SMILES string of the molecule is Cn1ccnc1-c1cc(N)ccc1O. The zero-order valence-electron chi connectivity index (χ0n) is 7.81. The van der Waals surface area contributed by atoms with Crippen molar-refractivity contribution in [3.63, 3.8) is 0 Å². The third-order valence-corrected chi connectivity index (χ3v) is 2.08. The minimum absolute atomic E-state index is 0.188. The Kier molecular flexibility index (Phi) is 1.89. The van der Waals surface area contributed by atoms with Crippen molar-refractivity contribution in [2.24, 2.45) is 7.05 Å². The monoisotopic (exact) mass is 189 g/mol. The van der Waals surface area contributed by atoms with Gasteiger partial charge in [-0.25, -0.2) is 4.98 Å². The number of aromatic hydroxyl groups is 1. The van der Waals surface area contributed by atoms with E-state index >= 15 is 0 Å². The fourth-order valence-corrected chi connectivity index (χ4v) is 1.36. The normalized spacial score (nSPS) is 10.4. The highest BCUT2D eigenvalue weighted by Crippen LogP contribution is 2.28. The van der Waals surface area contributed by atoms with E-state index < -0.39 is 0 Å². The first-order valence-corrected chi connectivity index (χ1v) is 4.24. The highest BCUT2D eigenvalue weighted by Gasteiger charge is 2.08. The molecule has 0 aliphatic carbocycles. The molecule has 1 aromatic carbocycles. The number of nitrogen functional groups attached to an aromatic ring is 1. The summed E-state index contributed by atoms with van der Waals surface area (Å²) in [7, 11) is 1.87. The summed E-state index contributed by atoms with van der Waals surface area (Å²) in [6, 6.07) is 4.93. The molecule has 0 saturated carbocycles. The van der Waals surface area contributed by atoms with Gasteiger partial charge < -0.3 is 15.4 Å². The molecule has 0 bridgehead atoms. The number of nitrogens with two attached hydrogens (primary N) is 1. The van der Waals surface area contributed by atoms with Crippen molar-refractivity contribution in [3.8, 4) is 17.1 Å².